The third-order valence-corrected chi connectivity index (χ3v) is 3.14. The summed E-state index contributed by atoms with van der Waals surface area (Å²) in [5, 5.41) is 0.542. The first-order chi connectivity index (χ1) is 8.16. The first-order valence-electron chi connectivity index (χ1n) is 5.73. The van der Waals surface area contributed by atoms with Gasteiger partial charge in [0, 0.05) is 23.6 Å². The lowest BCUT2D eigenvalue weighted by molar-refractivity contribution is -0.132. The van der Waals surface area contributed by atoms with E-state index in [1.807, 2.05) is 0 Å². The molecular weight excluding hydrogens is 238 g/mol. The summed E-state index contributed by atoms with van der Waals surface area (Å²) >= 11 is 5.83. The molecule has 1 aliphatic heterocycles. The van der Waals surface area contributed by atoms with E-state index < -0.39 is 0 Å². The molecule has 0 spiro atoms. The second-order valence-electron chi connectivity index (χ2n) is 4.21. The molecule has 0 bridgehead atoms. The van der Waals surface area contributed by atoms with Crippen LogP contribution in [0.4, 0.5) is 0 Å². The Morgan fingerprint density at radius 3 is 2.88 bits per heavy atom. The number of halogens is 1. The standard InChI is InChI=1S/C13H14ClNO2/c14-11-5-3-4-10(8-11)12(16)9-15-7-2-1-6-13(15)17/h3-5,8H,1-2,6-7,9H2. The van der Waals surface area contributed by atoms with Gasteiger partial charge in [0.05, 0.1) is 6.54 Å². The van der Waals surface area contributed by atoms with Gasteiger partial charge in [0.15, 0.2) is 5.78 Å². The average Bonchev–Trinajstić information content (AvgIpc) is 2.32. The number of hydrogen-bond donors (Lipinski definition) is 0. The highest BCUT2D eigenvalue weighted by Crippen LogP contribution is 2.14. The summed E-state index contributed by atoms with van der Waals surface area (Å²) in [6.45, 7) is 0.852. The third-order valence-electron chi connectivity index (χ3n) is 2.90. The predicted molar refractivity (Wildman–Crippen MR) is 66.2 cm³/mol. The number of ketones is 1. The van der Waals surface area contributed by atoms with E-state index in [1.54, 1.807) is 29.2 Å². The maximum atomic E-state index is 12.0. The Hall–Kier alpha value is -1.35. The topological polar surface area (TPSA) is 37.4 Å². The van der Waals surface area contributed by atoms with E-state index in [4.69, 9.17) is 11.6 Å². The Kier molecular flexibility index (Phi) is 3.79. The van der Waals surface area contributed by atoms with Crippen molar-refractivity contribution in [2.45, 2.75) is 19.3 Å². The lowest BCUT2D eigenvalue weighted by Gasteiger charge is -2.25. The molecule has 0 radical (unpaired) electrons. The van der Waals surface area contributed by atoms with Gasteiger partial charge < -0.3 is 4.90 Å². The number of carbonyl (C=O) groups excluding carboxylic acids is 2. The van der Waals surface area contributed by atoms with Crippen molar-refractivity contribution in [3.63, 3.8) is 0 Å². The lowest BCUT2D eigenvalue weighted by atomic mass is 10.1. The summed E-state index contributed by atoms with van der Waals surface area (Å²) in [6.07, 6.45) is 2.47. The number of nitrogens with zero attached hydrogens (tertiary/aromatic N) is 1. The van der Waals surface area contributed by atoms with Crippen molar-refractivity contribution in [3.05, 3.63) is 34.9 Å². The number of benzene rings is 1. The van der Waals surface area contributed by atoms with E-state index in [2.05, 4.69) is 0 Å². The molecule has 0 N–H and O–H groups in total. The molecule has 17 heavy (non-hydrogen) atoms. The Morgan fingerprint density at radius 2 is 2.18 bits per heavy atom. The summed E-state index contributed by atoms with van der Waals surface area (Å²) in [6, 6.07) is 6.83. The molecule has 1 saturated heterocycles. The molecule has 1 fully saturated rings. The normalized spacial score (nSPS) is 16.1. The zero-order chi connectivity index (χ0) is 12.3. The molecule has 1 heterocycles. The molecule has 0 aromatic heterocycles. The second kappa shape index (κ2) is 5.32. The number of amides is 1. The van der Waals surface area contributed by atoms with Crippen molar-refractivity contribution in [2.24, 2.45) is 0 Å². The Balaban J connectivity index is 2.03. The SMILES string of the molecule is O=C(CN1CCCCC1=O)c1cccc(Cl)c1. The van der Waals surface area contributed by atoms with E-state index in [-0.39, 0.29) is 18.2 Å². The van der Waals surface area contributed by atoms with Crippen LogP contribution in [-0.4, -0.2) is 29.7 Å². The van der Waals surface area contributed by atoms with E-state index in [0.29, 0.717) is 23.6 Å². The molecule has 4 heteroatoms. The molecule has 90 valence electrons. The second-order valence-corrected chi connectivity index (χ2v) is 4.64. The van der Waals surface area contributed by atoms with Crippen molar-refractivity contribution in [1.82, 2.24) is 4.90 Å². The minimum absolute atomic E-state index is 0.0530. The molecule has 1 aromatic carbocycles. The molecule has 0 aliphatic carbocycles. The largest absolute Gasteiger partial charge is 0.335 e. The summed E-state index contributed by atoms with van der Waals surface area (Å²) in [4.78, 5) is 25.2. The smallest absolute Gasteiger partial charge is 0.222 e. The number of likely N-dealkylation sites (tertiary alicyclic amines) is 1. The van der Waals surface area contributed by atoms with Gasteiger partial charge in [-0.2, -0.15) is 0 Å². The highest BCUT2D eigenvalue weighted by molar-refractivity contribution is 6.31. The molecule has 0 unspecified atom stereocenters. The van der Waals surface area contributed by atoms with E-state index in [9.17, 15) is 9.59 Å². The van der Waals surface area contributed by atoms with Crippen molar-refractivity contribution >= 4 is 23.3 Å². The van der Waals surface area contributed by atoms with Crippen LogP contribution in [0.15, 0.2) is 24.3 Å². The van der Waals surface area contributed by atoms with Gasteiger partial charge in [-0.05, 0) is 25.0 Å². The van der Waals surface area contributed by atoms with Gasteiger partial charge in [0.25, 0.3) is 0 Å². The van der Waals surface area contributed by atoms with Crippen LogP contribution in [0.2, 0.25) is 5.02 Å². The highest BCUT2D eigenvalue weighted by atomic mass is 35.5. The zero-order valence-corrected chi connectivity index (χ0v) is 10.2. The summed E-state index contributed by atoms with van der Waals surface area (Å²) < 4.78 is 0. The van der Waals surface area contributed by atoms with Gasteiger partial charge in [-0.1, -0.05) is 23.7 Å². The van der Waals surface area contributed by atoms with Crippen molar-refractivity contribution in [3.8, 4) is 0 Å². The monoisotopic (exact) mass is 251 g/mol. The van der Waals surface area contributed by atoms with Crippen LogP contribution < -0.4 is 0 Å². The molecule has 1 aromatic rings. The molecule has 3 nitrogen and oxygen atoms in total. The third kappa shape index (κ3) is 3.07. The summed E-state index contributed by atoms with van der Waals surface area (Å²) in [5.74, 6) is 0.0226. The molecule has 0 atom stereocenters. The maximum Gasteiger partial charge on any atom is 0.222 e. The van der Waals surface area contributed by atoms with Crippen LogP contribution in [0.5, 0.6) is 0 Å². The van der Waals surface area contributed by atoms with Crippen LogP contribution in [0, 0.1) is 0 Å². The van der Waals surface area contributed by atoms with Crippen LogP contribution in [0.1, 0.15) is 29.6 Å². The molecule has 2 rings (SSSR count). The number of carbonyl (C=O) groups is 2. The van der Waals surface area contributed by atoms with Gasteiger partial charge in [-0.3, -0.25) is 9.59 Å². The first kappa shape index (κ1) is 12.1. The van der Waals surface area contributed by atoms with Crippen LogP contribution in [-0.2, 0) is 4.79 Å². The minimum Gasteiger partial charge on any atom is -0.335 e. The van der Waals surface area contributed by atoms with Gasteiger partial charge in [0.1, 0.15) is 0 Å². The molecule has 1 aliphatic rings. The summed E-state index contributed by atoms with van der Waals surface area (Å²) in [5.41, 5.74) is 0.566. The van der Waals surface area contributed by atoms with Gasteiger partial charge in [-0.25, -0.2) is 0 Å². The highest BCUT2D eigenvalue weighted by Gasteiger charge is 2.20. The Bertz CT molecular complexity index is 445. The molecule has 0 saturated carbocycles. The van der Waals surface area contributed by atoms with Crippen LogP contribution in [0.25, 0.3) is 0 Å². The van der Waals surface area contributed by atoms with Gasteiger partial charge in [-0.15, -0.1) is 0 Å². The number of rotatable bonds is 3. The molecular formula is C13H14ClNO2. The minimum atomic E-state index is -0.0530. The van der Waals surface area contributed by atoms with Crippen molar-refractivity contribution in [2.75, 3.05) is 13.1 Å². The fraction of sp³-hybridized carbons (Fsp3) is 0.385. The number of Topliss-reactive ketones (excluding diaryl/α,β-unsaturated/α-hetero) is 1. The fourth-order valence-corrected chi connectivity index (χ4v) is 2.15. The van der Waals surface area contributed by atoms with Gasteiger partial charge >= 0.3 is 0 Å². The maximum absolute atomic E-state index is 12.0. The zero-order valence-electron chi connectivity index (χ0n) is 9.49. The quantitative estimate of drug-likeness (QED) is 0.775. The average molecular weight is 252 g/mol. The lowest BCUT2D eigenvalue weighted by Crippen LogP contribution is -2.39. The van der Waals surface area contributed by atoms with Crippen molar-refractivity contribution in [1.29, 1.82) is 0 Å². The number of hydrogen-bond acceptors (Lipinski definition) is 2. The summed E-state index contributed by atoms with van der Waals surface area (Å²) in [7, 11) is 0. The predicted octanol–water partition coefficient (Wildman–Crippen LogP) is 2.54. The van der Waals surface area contributed by atoms with Crippen molar-refractivity contribution < 1.29 is 9.59 Å². The van der Waals surface area contributed by atoms with Gasteiger partial charge in [0.2, 0.25) is 5.91 Å². The van der Waals surface area contributed by atoms with Crippen LogP contribution >= 0.6 is 11.6 Å². The van der Waals surface area contributed by atoms with E-state index in [0.717, 1.165) is 12.8 Å². The first-order valence-corrected chi connectivity index (χ1v) is 6.11. The fourth-order valence-electron chi connectivity index (χ4n) is 1.96. The Labute approximate surface area is 105 Å². The van der Waals surface area contributed by atoms with E-state index in [1.165, 1.54) is 0 Å². The van der Waals surface area contributed by atoms with Crippen LogP contribution in [0.3, 0.4) is 0 Å². The number of piperidine rings is 1. The van der Waals surface area contributed by atoms with E-state index >= 15 is 0 Å². The Morgan fingerprint density at radius 1 is 1.35 bits per heavy atom. The molecule has 1 amide bonds.